The third kappa shape index (κ3) is 3.49. The predicted octanol–water partition coefficient (Wildman–Crippen LogP) is 3.05. The maximum Gasteiger partial charge on any atom is 0.339 e. The lowest BCUT2D eigenvalue weighted by atomic mass is 10.2. The van der Waals surface area contributed by atoms with E-state index in [1.165, 1.54) is 13.2 Å². The second kappa shape index (κ2) is 5.69. The Morgan fingerprint density at radius 2 is 1.57 bits per heavy atom. The molecule has 112 valence electrons. The highest BCUT2D eigenvalue weighted by Gasteiger charge is 2.21. The van der Waals surface area contributed by atoms with Crippen LogP contribution in [0.15, 0.2) is 41.3 Å². The van der Waals surface area contributed by atoms with Crippen molar-refractivity contribution in [1.29, 1.82) is 0 Å². The molecule has 0 N–H and O–H groups in total. The van der Waals surface area contributed by atoms with E-state index >= 15 is 0 Å². The first-order valence-electron chi connectivity index (χ1n) is 5.87. The first-order valence-corrected chi connectivity index (χ1v) is 7.28. The van der Waals surface area contributed by atoms with Gasteiger partial charge >= 0.3 is 10.1 Å². The highest BCUT2D eigenvalue weighted by molar-refractivity contribution is 7.87. The van der Waals surface area contributed by atoms with Crippen LogP contribution in [0, 0.1) is 18.6 Å². The summed E-state index contributed by atoms with van der Waals surface area (Å²) in [5.74, 6) is -1.87. The normalized spacial score (nSPS) is 11.2. The van der Waals surface area contributed by atoms with E-state index in [2.05, 4.69) is 0 Å². The van der Waals surface area contributed by atoms with Gasteiger partial charge in [-0.15, -0.1) is 0 Å². The molecule has 2 rings (SSSR count). The monoisotopic (exact) mass is 314 g/mol. The summed E-state index contributed by atoms with van der Waals surface area (Å²) in [7, 11) is -3.01. The molecule has 0 atom stereocenters. The molecular weight excluding hydrogens is 302 g/mol. The average molecular weight is 314 g/mol. The van der Waals surface area contributed by atoms with Crippen LogP contribution < -0.4 is 8.92 Å². The fraction of sp³-hybridized carbons (Fsp3) is 0.143. The fourth-order valence-electron chi connectivity index (χ4n) is 1.68. The number of methoxy groups -OCH3 is 1. The topological polar surface area (TPSA) is 52.6 Å². The molecule has 7 heteroatoms. The molecule has 0 saturated carbocycles. The summed E-state index contributed by atoms with van der Waals surface area (Å²) in [5, 5.41) is 0. The molecule has 0 radical (unpaired) electrons. The molecule has 0 aliphatic heterocycles. The quantitative estimate of drug-likeness (QED) is 0.814. The van der Waals surface area contributed by atoms with Gasteiger partial charge in [-0.2, -0.15) is 8.42 Å². The summed E-state index contributed by atoms with van der Waals surface area (Å²) < 4.78 is 60.2. The van der Waals surface area contributed by atoms with Gasteiger partial charge in [0.05, 0.1) is 7.11 Å². The number of halogens is 2. The molecule has 0 aliphatic rings. The van der Waals surface area contributed by atoms with Crippen LogP contribution in [-0.2, 0) is 10.1 Å². The molecule has 2 aromatic rings. The minimum Gasteiger partial charge on any atom is -0.493 e. The molecule has 0 bridgehead atoms. The largest absolute Gasteiger partial charge is 0.493 e. The van der Waals surface area contributed by atoms with Crippen molar-refractivity contribution in [3.05, 3.63) is 53.6 Å². The van der Waals surface area contributed by atoms with Crippen LogP contribution >= 0.6 is 0 Å². The van der Waals surface area contributed by atoms with Crippen LogP contribution in [0.5, 0.6) is 11.5 Å². The minimum absolute atomic E-state index is 0.0623. The second-order valence-electron chi connectivity index (χ2n) is 4.30. The first-order chi connectivity index (χ1) is 9.81. The van der Waals surface area contributed by atoms with E-state index in [1.54, 1.807) is 19.1 Å². The minimum atomic E-state index is -4.36. The van der Waals surface area contributed by atoms with Crippen molar-refractivity contribution in [2.24, 2.45) is 0 Å². The lowest BCUT2D eigenvalue weighted by molar-refractivity contribution is 0.390. The molecule has 0 aromatic heterocycles. The third-order valence-corrected chi connectivity index (χ3v) is 3.86. The predicted molar refractivity (Wildman–Crippen MR) is 71.9 cm³/mol. The van der Waals surface area contributed by atoms with E-state index in [-0.39, 0.29) is 11.5 Å². The van der Waals surface area contributed by atoms with Crippen molar-refractivity contribution >= 4 is 10.1 Å². The standard InChI is InChI=1S/C14H12F2O4S/c1-9-3-4-13(14(5-9)19-2)20-21(17,18)12-7-10(15)6-11(16)8-12/h3-8H,1-2H3. The summed E-state index contributed by atoms with van der Waals surface area (Å²) in [6.45, 7) is 1.79. The van der Waals surface area contributed by atoms with Crippen molar-refractivity contribution in [1.82, 2.24) is 0 Å². The Bertz CT molecular complexity index is 752. The van der Waals surface area contributed by atoms with E-state index in [9.17, 15) is 17.2 Å². The van der Waals surface area contributed by atoms with E-state index < -0.39 is 26.6 Å². The number of benzene rings is 2. The summed E-state index contributed by atoms with van der Waals surface area (Å²) >= 11 is 0. The average Bonchev–Trinajstić information content (AvgIpc) is 2.39. The first kappa shape index (κ1) is 15.2. The van der Waals surface area contributed by atoms with Crippen LogP contribution in [0.3, 0.4) is 0 Å². The van der Waals surface area contributed by atoms with Gasteiger partial charge in [0.25, 0.3) is 0 Å². The highest BCUT2D eigenvalue weighted by Crippen LogP contribution is 2.30. The zero-order chi connectivity index (χ0) is 15.6. The van der Waals surface area contributed by atoms with E-state index in [0.717, 1.165) is 5.56 Å². The molecule has 2 aromatic carbocycles. The zero-order valence-corrected chi connectivity index (χ0v) is 12.1. The molecule has 0 heterocycles. The number of rotatable bonds is 4. The maximum absolute atomic E-state index is 13.1. The van der Waals surface area contributed by atoms with Gasteiger partial charge in [0.2, 0.25) is 0 Å². The summed E-state index contributed by atoms with van der Waals surface area (Å²) in [6.07, 6.45) is 0. The smallest absolute Gasteiger partial charge is 0.339 e. The number of hydrogen-bond acceptors (Lipinski definition) is 4. The number of aryl methyl sites for hydroxylation is 1. The Hall–Kier alpha value is -2.15. The third-order valence-electron chi connectivity index (χ3n) is 2.64. The van der Waals surface area contributed by atoms with Crippen molar-refractivity contribution in [2.45, 2.75) is 11.8 Å². The zero-order valence-electron chi connectivity index (χ0n) is 11.3. The Labute approximate surface area is 121 Å². The highest BCUT2D eigenvalue weighted by atomic mass is 32.2. The van der Waals surface area contributed by atoms with Crippen LogP contribution in [0.1, 0.15) is 5.56 Å². The van der Waals surface area contributed by atoms with Gasteiger partial charge in [0.15, 0.2) is 11.5 Å². The lowest BCUT2D eigenvalue weighted by Crippen LogP contribution is -2.11. The SMILES string of the molecule is COc1cc(C)ccc1OS(=O)(=O)c1cc(F)cc(F)c1. The Morgan fingerprint density at radius 3 is 2.14 bits per heavy atom. The van der Waals surface area contributed by atoms with Crippen molar-refractivity contribution in [3.63, 3.8) is 0 Å². The Morgan fingerprint density at radius 1 is 0.952 bits per heavy atom. The van der Waals surface area contributed by atoms with Crippen molar-refractivity contribution < 1.29 is 26.1 Å². The molecule has 21 heavy (non-hydrogen) atoms. The summed E-state index contributed by atoms with van der Waals surface area (Å²) in [4.78, 5) is -0.609. The molecule has 0 saturated heterocycles. The number of hydrogen-bond donors (Lipinski definition) is 0. The van der Waals surface area contributed by atoms with E-state index in [4.69, 9.17) is 8.92 Å². The number of ether oxygens (including phenoxy) is 1. The summed E-state index contributed by atoms with van der Waals surface area (Å²) in [6, 6.07) is 6.54. The van der Waals surface area contributed by atoms with Gasteiger partial charge in [0, 0.05) is 6.07 Å². The molecular formula is C14H12F2O4S. The Kier molecular flexibility index (Phi) is 4.13. The van der Waals surface area contributed by atoms with Crippen LogP contribution in [0.25, 0.3) is 0 Å². The molecule has 0 fully saturated rings. The molecule has 0 amide bonds. The van der Waals surface area contributed by atoms with Crippen molar-refractivity contribution in [3.8, 4) is 11.5 Å². The molecule has 0 unspecified atom stereocenters. The van der Waals surface area contributed by atoms with E-state index in [0.29, 0.717) is 18.2 Å². The second-order valence-corrected chi connectivity index (χ2v) is 5.84. The van der Waals surface area contributed by atoms with Crippen LogP contribution in [0.4, 0.5) is 8.78 Å². The molecule has 4 nitrogen and oxygen atoms in total. The van der Waals surface area contributed by atoms with Gasteiger partial charge in [-0.3, -0.25) is 0 Å². The van der Waals surface area contributed by atoms with Gasteiger partial charge in [-0.1, -0.05) is 6.07 Å². The van der Waals surface area contributed by atoms with E-state index in [1.807, 2.05) is 0 Å². The van der Waals surface area contributed by atoms with Crippen LogP contribution in [0.2, 0.25) is 0 Å². The van der Waals surface area contributed by atoms with Gasteiger partial charge in [-0.05, 0) is 36.8 Å². The maximum atomic E-state index is 13.1. The Balaban J connectivity index is 2.42. The molecule has 0 aliphatic carbocycles. The van der Waals surface area contributed by atoms with Gasteiger partial charge < -0.3 is 8.92 Å². The molecule has 0 spiro atoms. The summed E-state index contributed by atoms with van der Waals surface area (Å²) in [5.41, 5.74) is 0.841. The van der Waals surface area contributed by atoms with Crippen LogP contribution in [-0.4, -0.2) is 15.5 Å². The van der Waals surface area contributed by atoms with Crippen molar-refractivity contribution in [2.75, 3.05) is 7.11 Å². The van der Waals surface area contributed by atoms with Gasteiger partial charge in [0.1, 0.15) is 16.5 Å². The lowest BCUT2D eigenvalue weighted by Gasteiger charge is -2.11. The van der Waals surface area contributed by atoms with Gasteiger partial charge in [-0.25, -0.2) is 8.78 Å². The fourth-order valence-corrected chi connectivity index (χ4v) is 2.67.